The number of aryl methyl sites for hydroxylation is 2. The summed E-state index contributed by atoms with van der Waals surface area (Å²) in [5, 5.41) is 17.4. The number of benzene rings is 1. The van der Waals surface area contributed by atoms with Crippen molar-refractivity contribution in [3.8, 4) is 0 Å². The lowest BCUT2D eigenvalue weighted by atomic mass is 9.99. The highest BCUT2D eigenvalue weighted by Gasteiger charge is 2.18. The van der Waals surface area contributed by atoms with Crippen LogP contribution in [0.4, 0.5) is 0 Å². The number of pyridine rings is 1. The molecule has 0 aliphatic heterocycles. The summed E-state index contributed by atoms with van der Waals surface area (Å²) in [6.45, 7) is 4.86. The van der Waals surface area contributed by atoms with Gasteiger partial charge in [0.15, 0.2) is 0 Å². The molecule has 3 aromatic rings. The van der Waals surface area contributed by atoms with Crippen LogP contribution in [0, 0.1) is 0 Å². The van der Waals surface area contributed by atoms with E-state index in [0.29, 0.717) is 0 Å². The number of hydrogen-bond acceptors (Lipinski definition) is 3. The molecule has 1 N–H and O–H groups in total. The summed E-state index contributed by atoms with van der Waals surface area (Å²) < 4.78 is 1.88. The van der Waals surface area contributed by atoms with Crippen LogP contribution in [0.15, 0.2) is 42.7 Å². The van der Waals surface area contributed by atoms with Gasteiger partial charge in [-0.2, -0.15) is 5.10 Å². The summed E-state index contributed by atoms with van der Waals surface area (Å²) in [5.74, 6) is 0. The fourth-order valence-electron chi connectivity index (χ4n) is 2.68. The Morgan fingerprint density at radius 1 is 1.24 bits per heavy atom. The SMILES string of the molecule is CCc1cc(C(O)c2cccc3cnccc23)n(CC)n1. The molecule has 0 bridgehead atoms. The molecule has 0 spiro atoms. The third kappa shape index (κ3) is 2.43. The first kappa shape index (κ1) is 13.8. The molecule has 0 radical (unpaired) electrons. The molecule has 0 saturated carbocycles. The molecule has 0 aliphatic rings. The van der Waals surface area contributed by atoms with Gasteiger partial charge in [0.1, 0.15) is 6.10 Å². The molecule has 0 fully saturated rings. The molecule has 108 valence electrons. The van der Waals surface area contributed by atoms with Crippen molar-refractivity contribution in [2.75, 3.05) is 0 Å². The van der Waals surface area contributed by atoms with E-state index in [2.05, 4.69) is 17.0 Å². The highest BCUT2D eigenvalue weighted by atomic mass is 16.3. The van der Waals surface area contributed by atoms with Crippen molar-refractivity contribution in [3.05, 3.63) is 59.7 Å². The van der Waals surface area contributed by atoms with Crippen molar-refractivity contribution in [3.63, 3.8) is 0 Å². The smallest absolute Gasteiger partial charge is 0.121 e. The third-order valence-electron chi connectivity index (χ3n) is 3.81. The second kappa shape index (κ2) is 5.66. The van der Waals surface area contributed by atoms with Crippen molar-refractivity contribution >= 4 is 10.8 Å². The minimum absolute atomic E-state index is 0.677. The summed E-state index contributed by atoms with van der Waals surface area (Å²) in [4.78, 5) is 4.14. The number of rotatable bonds is 4. The first-order valence-electron chi connectivity index (χ1n) is 7.32. The predicted molar refractivity (Wildman–Crippen MR) is 83.1 cm³/mol. The van der Waals surface area contributed by atoms with E-state index in [1.54, 1.807) is 6.20 Å². The van der Waals surface area contributed by atoms with Gasteiger partial charge in [0.05, 0.1) is 11.4 Å². The molecule has 2 heterocycles. The van der Waals surface area contributed by atoms with Crippen molar-refractivity contribution in [2.24, 2.45) is 0 Å². The van der Waals surface area contributed by atoms with Gasteiger partial charge in [-0.05, 0) is 36.4 Å². The third-order valence-corrected chi connectivity index (χ3v) is 3.81. The van der Waals surface area contributed by atoms with Gasteiger partial charge in [-0.3, -0.25) is 9.67 Å². The topological polar surface area (TPSA) is 50.9 Å². The highest BCUT2D eigenvalue weighted by molar-refractivity contribution is 5.85. The Hall–Kier alpha value is -2.20. The Morgan fingerprint density at radius 3 is 2.86 bits per heavy atom. The van der Waals surface area contributed by atoms with E-state index in [4.69, 9.17) is 0 Å². The van der Waals surface area contributed by atoms with Gasteiger partial charge < -0.3 is 5.11 Å². The minimum atomic E-state index is -0.677. The van der Waals surface area contributed by atoms with Crippen LogP contribution in [0.5, 0.6) is 0 Å². The highest BCUT2D eigenvalue weighted by Crippen LogP contribution is 2.29. The van der Waals surface area contributed by atoms with Gasteiger partial charge in [0.25, 0.3) is 0 Å². The monoisotopic (exact) mass is 281 g/mol. The summed E-state index contributed by atoms with van der Waals surface area (Å²) in [6, 6.07) is 9.87. The fraction of sp³-hybridized carbons (Fsp3) is 0.294. The molecule has 1 unspecified atom stereocenters. The molecule has 4 nitrogen and oxygen atoms in total. The van der Waals surface area contributed by atoms with Crippen LogP contribution in [-0.4, -0.2) is 19.9 Å². The zero-order chi connectivity index (χ0) is 14.8. The number of aromatic nitrogens is 3. The second-order valence-corrected chi connectivity index (χ2v) is 5.08. The molecule has 4 heteroatoms. The summed E-state index contributed by atoms with van der Waals surface area (Å²) in [6.07, 6.45) is 3.77. The van der Waals surface area contributed by atoms with Gasteiger partial charge in [-0.25, -0.2) is 0 Å². The molecule has 1 aromatic carbocycles. The molecule has 2 aromatic heterocycles. The van der Waals surface area contributed by atoms with Crippen LogP contribution in [0.2, 0.25) is 0 Å². The van der Waals surface area contributed by atoms with Crippen LogP contribution >= 0.6 is 0 Å². The van der Waals surface area contributed by atoms with Gasteiger partial charge in [0, 0.05) is 24.3 Å². The van der Waals surface area contributed by atoms with E-state index in [9.17, 15) is 5.11 Å². The van der Waals surface area contributed by atoms with E-state index in [1.165, 1.54) is 0 Å². The Kier molecular flexibility index (Phi) is 3.71. The van der Waals surface area contributed by atoms with Crippen molar-refractivity contribution < 1.29 is 5.11 Å². The molecule has 21 heavy (non-hydrogen) atoms. The number of aliphatic hydroxyl groups is 1. The number of nitrogens with zero attached hydrogens (tertiary/aromatic N) is 3. The Labute approximate surface area is 124 Å². The van der Waals surface area contributed by atoms with E-state index < -0.39 is 6.10 Å². The van der Waals surface area contributed by atoms with Crippen molar-refractivity contribution in [2.45, 2.75) is 32.9 Å². The largest absolute Gasteiger partial charge is 0.382 e. The van der Waals surface area contributed by atoms with E-state index in [1.807, 2.05) is 48.1 Å². The maximum atomic E-state index is 10.8. The van der Waals surface area contributed by atoms with Gasteiger partial charge in [-0.15, -0.1) is 0 Å². The number of fused-ring (bicyclic) bond motifs is 1. The summed E-state index contributed by atoms with van der Waals surface area (Å²) >= 11 is 0. The second-order valence-electron chi connectivity index (χ2n) is 5.08. The molecular formula is C17H19N3O. The van der Waals surface area contributed by atoms with Crippen molar-refractivity contribution in [1.29, 1.82) is 0 Å². The average molecular weight is 281 g/mol. The first-order valence-corrected chi connectivity index (χ1v) is 7.32. The number of aliphatic hydroxyl groups excluding tert-OH is 1. The lowest BCUT2D eigenvalue weighted by molar-refractivity contribution is 0.209. The Bertz CT molecular complexity index is 758. The minimum Gasteiger partial charge on any atom is -0.382 e. The normalized spacial score (nSPS) is 12.7. The van der Waals surface area contributed by atoms with Crippen LogP contribution in [0.3, 0.4) is 0 Å². The summed E-state index contributed by atoms with van der Waals surface area (Å²) in [5.41, 5.74) is 2.75. The van der Waals surface area contributed by atoms with Crippen LogP contribution in [0.25, 0.3) is 10.8 Å². The van der Waals surface area contributed by atoms with E-state index in [-0.39, 0.29) is 0 Å². The fourth-order valence-corrected chi connectivity index (χ4v) is 2.68. The van der Waals surface area contributed by atoms with Crippen molar-refractivity contribution in [1.82, 2.24) is 14.8 Å². The Morgan fingerprint density at radius 2 is 2.10 bits per heavy atom. The predicted octanol–water partition coefficient (Wildman–Crippen LogP) is 3.10. The zero-order valence-corrected chi connectivity index (χ0v) is 12.3. The van der Waals surface area contributed by atoms with Gasteiger partial charge in [0.2, 0.25) is 0 Å². The Balaban J connectivity index is 2.12. The lowest BCUT2D eigenvalue weighted by Gasteiger charge is -2.15. The molecular weight excluding hydrogens is 262 g/mol. The maximum Gasteiger partial charge on any atom is 0.121 e. The average Bonchev–Trinajstić information content (AvgIpc) is 2.97. The van der Waals surface area contributed by atoms with E-state index in [0.717, 1.165) is 40.7 Å². The quantitative estimate of drug-likeness (QED) is 0.799. The molecule has 1 atom stereocenters. The molecule has 0 aliphatic carbocycles. The number of hydrogen-bond donors (Lipinski definition) is 1. The zero-order valence-electron chi connectivity index (χ0n) is 12.3. The van der Waals surface area contributed by atoms with Crippen LogP contribution in [0.1, 0.15) is 36.9 Å². The standard InChI is InChI=1S/C17H19N3O/c1-3-13-10-16(20(4-2)19-13)17(21)15-7-5-6-12-11-18-9-8-14(12)15/h5-11,17,21H,3-4H2,1-2H3. The summed E-state index contributed by atoms with van der Waals surface area (Å²) in [7, 11) is 0. The maximum absolute atomic E-state index is 10.8. The molecule has 0 saturated heterocycles. The lowest BCUT2D eigenvalue weighted by Crippen LogP contribution is -2.09. The van der Waals surface area contributed by atoms with Crippen LogP contribution < -0.4 is 0 Å². The van der Waals surface area contributed by atoms with E-state index >= 15 is 0 Å². The van der Waals surface area contributed by atoms with Gasteiger partial charge >= 0.3 is 0 Å². The first-order chi connectivity index (χ1) is 10.2. The van der Waals surface area contributed by atoms with Crippen LogP contribution in [-0.2, 0) is 13.0 Å². The van der Waals surface area contributed by atoms with Gasteiger partial charge in [-0.1, -0.05) is 25.1 Å². The molecule has 0 amide bonds. The molecule has 3 rings (SSSR count).